The molecule has 110 valence electrons. The Morgan fingerprint density at radius 1 is 1.43 bits per heavy atom. The molecule has 1 N–H and O–H groups in total. The largest absolute Gasteiger partial charge is 0.861 e. The van der Waals surface area contributed by atoms with Gasteiger partial charge in [-0.3, -0.25) is 9.98 Å². The van der Waals surface area contributed by atoms with E-state index in [-0.39, 0.29) is 11.8 Å². The molecule has 0 radical (unpaired) electrons. The molecule has 0 aliphatic carbocycles. The van der Waals surface area contributed by atoms with Crippen LogP contribution >= 0.6 is 0 Å². The number of benzene rings is 1. The van der Waals surface area contributed by atoms with Gasteiger partial charge in [0.15, 0.2) is 0 Å². The predicted octanol–water partition coefficient (Wildman–Crippen LogP) is 2.26. The number of nitrogens with one attached hydrogen (secondary N) is 1. The standard InChI is InChI=1S/C17H21N3O/c1-5-13(10-18-4)17(21)20-14-6-7-16-15(9-14)11(2)8-12(3)19-16/h5-9,13,18H,1,10H2,2-4H3,(H,20,21)/p-1. The van der Waals surface area contributed by atoms with Crippen molar-refractivity contribution in [3.63, 3.8) is 0 Å². The summed E-state index contributed by atoms with van der Waals surface area (Å²) >= 11 is 0. The molecule has 1 aromatic carbocycles. The fraction of sp³-hybridized carbons (Fsp3) is 0.294. The summed E-state index contributed by atoms with van der Waals surface area (Å²) in [6, 6.07) is 7.67. The van der Waals surface area contributed by atoms with Gasteiger partial charge in [-0.2, -0.15) is 0 Å². The van der Waals surface area contributed by atoms with E-state index in [0.717, 1.165) is 22.2 Å². The summed E-state index contributed by atoms with van der Waals surface area (Å²) in [5.74, 6) is -0.487. The van der Waals surface area contributed by atoms with Crippen molar-refractivity contribution in [1.29, 1.82) is 0 Å². The van der Waals surface area contributed by atoms with Gasteiger partial charge < -0.3 is 10.4 Å². The molecule has 21 heavy (non-hydrogen) atoms. The first kappa shape index (κ1) is 15.2. The predicted molar refractivity (Wildman–Crippen MR) is 85.9 cm³/mol. The number of aryl methyl sites for hydroxylation is 2. The lowest BCUT2D eigenvalue weighted by Gasteiger charge is -2.19. The van der Waals surface area contributed by atoms with Gasteiger partial charge >= 0.3 is 0 Å². The van der Waals surface area contributed by atoms with Crippen LogP contribution in [0.2, 0.25) is 0 Å². The number of hydrogen-bond acceptors (Lipinski definition) is 4. The highest BCUT2D eigenvalue weighted by molar-refractivity contribution is 5.87. The second kappa shape index (κ2) is 6.50. The Morgan fingerprint density at radius 2 is 2.19 bits per heavy atom. The molecular formula is C17H20N3O-. The lowest BCUT2D eigenvalue weighted by atomic mass is 10.1. The van der Waals surface area contributed by atoms with Crippen molar-refractivity contribution in [2.45, 2.75) is 13.8 Å². The molecule has 0 amide bonds. The van der Waals surface area contributed by atoms with Crippen molar-refractivity contribution in [3.8, 4) is 0 Å². The molecule has 4 heteroatoms. The van der Waals surface area contributed by atoms with Crippen molar-refractivity contribution in [3.05, 3.63) is 48.2 Å². The molecule has 0 saturated heterocycles. The Labute approximate surface area is 125 Å². The average Bonchev–Trinajstić information content (AvgIpc) is 2.45. The monoisotopic (exact) mass is 282 g/mol. The minimum Gasteiger partial charge on any atom is -0.861 e. The first-order valence-electron chi connectivity index (χ1n) is 6.96. The third kappa shape index (κ3) is 3.47. The Bertz CT molecular complexity index is 692. The molecule has 0 aliphatic heterocycles. The van der Waals surface area contributed by atoms with Crippen LogP contribution < -0.4 is 10.4 Å². The average molecular weight is 282 g/mol. The Morgan fingerprint density at radius 3 is 2.86 bits per heavy atom. The van der Waals surface area contributed by atoms with Crippen LogP contribution in [-0.2, 0) is 0 Å². The van der Waals surface area contributed by atoms with Crippen LogP contribution in [0.15, 0.2) is 41.9 Å². The van der Waals surface area contributed by atoms with Crippen LogP contribution in [0.3, 0.4) is 0 Å². The second-order valence-electron chi connectivity index (χ2n) is 5.13. The van der Waals surface area contributed by atoms with Gasteiger partial charge in [0.05, 0.1) is 11.2 Å². The highest BCUT2D eigenvalue weighted by atomic mass is 16.3. The minimum absolute atomic E-state index is 0.184. The fourth-order valence-electron chi connectivity index (χ4n) is 2.32. The van der Waals surface area contributed by atoms with E-state index in [4.69, 9.17) is 0 Å². The van der Waals surface area contributed by atoms with E-state index in [2.05, 4.69) is 21.9 Å². The topological polar surface area (TPSA) is 60.3 Å². The van der Waals surface area contributed by atoms with Gasteiger partial charge in [0.2, 0.25) is 0 Å². The van der Waals surface area contributed by atoms with Crippen LogP contribution in [0.25, 0.3) is 10.9 Å². The van der Waals surface area contributed by atoms with Crippen molar-refractivity contribution >= 4 is 22.5 Å². The summed E-state index contributed by atoms with van der Waals surface area (Å²) in [6.07, 6.45) is 1.62. The van der Waals surface area contributed by atoms with E-state index in [0.29, 0.717) is 12.2 Å². The molecule has 2 rings (SSSR count). The number of hydrogen-bond donors (Lipinski definition) is 1. The molecule has 4 nitrogen and oxygen atoms in total. The molecule has 0 bridgehead atoms. The zero-order chi connectivity index (χ0) is 15.4. The lowest BCUT2D eigenvalue weighted by molar-refractivity contribution is -0.221. The van der Waals surface area contributed by atoms with E-state index in [1.807, 2.05) is 38.1 Å². The summed E-state index contributed by atoms with van der Waals surface area (Å²) in [7, 11) is 1.80. The van der Waals surface area contributed by atoms with Crippen molar-refractivity contribution < 1.29 is 5.11 Å². The van der Waals surface area contributed by atoms with E-state index in [9.17, 15) is 5.11 Å². The van der Waals surface area contributed by atoms with E-state index >= 15 is 0 Å². The number of aliphatic imine (C=N–C) groups is 1. The van der Waals surface area contributed by atoms with Gasteiger partial charge in [-0.15, -0.1) is 6.58 Å². The van der Waals surface area contributed by atoms with Gasteiger partial charge in [0.25, 0.3) is 0 Å². The molecule has 1 unspecified atom stereocenters. The third-order valence-corrected chi connectivity index (χ3v) is 3.39. The van der Waals surface area contributed by atoms with Crippen LogP contribution in [-0.4, -0.2) is 24.5 Å². The van der Waals surface area contributed by atoms with Crippen LogP contribution in [0, 0.1) is 19.8 Å². The molecule has 0 saturated carbocycles. The summed E-state index contributed by atoms with van der Waals surface area (Å²) in [5, 5.41) is 16.1. The van der Waals surface area contributed by atoms with E-state index < -0.39 is 0 Å². The fourth-order valence-corrected chi connectivity index (χ4v) is 2.32. The van der Waals surface area contributed by atoms with Crippen molar-refractivity contribution in [2.24, 2.45) is 10.9 Å². The maximum Gasteiger partial charge on any atom is 0.0709 e. The summed E-state index contributed by atoms with van der Waals surface area (Å²) < 4.78 is 0. The van der Waals surface area contributed by atoms with Gasteiger partial charge in [-0.25, -0.2) is 0 Å². The first-order valence-corrected chi connectivity index (χ1v) is 6.96. The Kier molecular flexibility index (Phi) is 4.70. The van der Waals surface area contributed by atoms with E-state index in [1.54, 1.807) is 13.1 Å². The molecule has 0 fully saturated rings. The van der Waals surface area contributed by atoms with Crippen LogP contribution in [0.1, 0.15) is 11.3 Å². The quantitative estimate of drug-likeness (QED) is 0.520. The third-order valence-electron chi connectivity index (χ3n) is 3.39. The summed E-state index contributed by atoms with van der Waals surface area (Å²) in [5.41, 5.74) is 3.71. The molecule has 1 heterocycles. The molecule has 1 aromatic heterocycles. The van der Waals surface area contributed by atoms with Gasteiger partial charge in [-0.1, -0.05) is 6.08 Å². The number of nitrogens with zero attached hydrogens (tertiary/aromatic N) is 2. The maximum atomic E-state index is 12.1. The molecular weight excluding hydrogens is 262 g/mol. The number of rotatable bonds is 5. The first-order chi connectivity index (χ1) is 10.0. The zero-order valence-electron chi connectivity index (χ0n) is 12.7. The number of pyridine rings is 1. The second-order valence-corrected chi connectivity index (χ2v) is 5.13. The zero-order valence-corrected chi connectivity index (χ0v) is 12.7. The molecule has 1 atom stereocenters. The lowest BCUT2D eigenvalue weighted by Crippen LogP contribution is -2.32. The minimum atomic E-state index is -0.303. The Hall–Kier alpha value is -2.20. The van der Waals surface area contributed by atoms with Crippen LogP contribution in [0.4, 0.5) is 5.69 Å². The van der Waals surface area contributed by atoms with Crippen LogP contribution in [0.5, 0.6) is 0 Å². The van der Waals surface area contributed by atoms with Gasteiger partial charge in [0, 0.05) is 23.5 Å². The van der Waals surface area contributed by atoms with Gasteiger partial charge in [-0.05, 0) is 56.6 Å². The summed E-state index contributed by atoms with van der Waals surface area (Å²) in [6.45, 7) is 8.24. The molecule has 2 aromatic rings. The number of fused-ring (bicyclic) bond motifs is 1. The van der Waals surface area contributed by atoms with Gasteiger partial charge in [0.1, 0.15) is 0 Å². The van der Waals surface area contributed by atoms with E-state index in [1.165, 1.54) is 0 Å². The molecule has 0 aliphatic rings. The SMILES string of the molecule is C=CC(CNC)C([O-])=Nc1ccc2nc(C)cc(C)c2c1. The normalized spacial score (nSPS) is 13.4. The smallest absolute Gasteiger partial charge is 0.0709 e. The maximum absolute atomic E-state index is 12.1. The Balaban J connectivity index is 2.41. The highest BCUT2D eigenvalue weighted by Gasteiger charge is 2.04. The van der Waals surface area contributed by atoms with Crippen molar-refractivity contribution in [1.82, 2.24) is 10.3 Å². The highest BCUT2D eigenvalue weighted by Crippen LogP contribution is 2.23. The molecule has 0 spiro atoms. The van der Waals surface area contributed by atoms with Crippen molar-refractivity contribution in [2.75, 3.05) is 13.6 Å². The summed E-state index contributed by atoms with van der Waals surface area (Å²) in [4.78, 5) is 8.67. The number of aromatic nitrogens is 1.